The number of hydrogen-bond donors (Lipinski definition) is 2. The van der Waals surface area contributed by atoms with Gasteiger partial charge in [-0.05, 0) is 31.0 Å². The van der Waals surface area contributed by atoms with E-state index in [9.17, 15) is 4.79 Å². The van der Waals surface area contributed by atoms with Gasteiger partial charge in [0.2, 0.25) is 0 Å². The summed E-state index contributed by atoms with van der Waals surface area (Å²) in [5, 5.41) is 11.7. The first-order valence-electron chi connectivity index (χ1n) is 5.15. The van der Waals surface area contributed by atoms with Gasteiger partial charge in [0, 0.05) is 0 Å². The molecule has 3 heteroatoms. The van der Waals surface area contributed by atoms with Crippen LogP contribution in [0.4, 0.5) is 0 Å². The molecular weight excluding hydrogens is 190 g/mol. The second kappa shape index (κ2) is 5.51. The third-order valence-electron chi connectivity index (χ3n) is 2.52. The third kappa shape index (κ3) is 3.36. The molecule has 15 heavy (non-hydrogen) atoms. The van der Waals surface area contributed by atoms with Crippen molar-refractivity contribution in [1.29, 1.82) is 0 Å². The third-order valence-corrected chi connectivity index (χ3v) is 2.52. The summed E-state index contributed by atoms with van der Waals surface area (Å²) in [4.78, 5) is 10.8. The van der Waals surface area contributed by atoms with Crippen molar-refractivity contribution in [2.45, 2.75) is 25.8 Å². The molecule has 0 bridgehead atoms. The lowest BCUT2D eigenvalue weighted by atomic mass is 10.0. The maximum absolute atomic E-state index is 10.8. The molecule has 1 unspecified atom stereocenters. The Labute approximate surface area is 90.1 Å². The number of likely N-dealkylation sites (N-methyl/N-ethyl adjacent to an activating group) is 1. The minimum atomic E-state index is -0.808. The Hall–Kier alpha value is -1.35. The Morgan fingerprint density at radius 3 is 2.27 bits per heavy atom. The fourth-order valence-electron chi connectivity index (χ4n) is 1.46. The zero-order valence-electron chi connectivity index (χ0n) is 9.16. The van der Waals surface area contributed by atoms with Crippen molar-refractivity contribution in [1.82, 2.24) is 5.32 Å². The predicted molar refractivity (Wildman–Crippen MR) is 60.0 cm³/mol. The molecule has 2 N–H and O–H groups in total. The fourth-order valence-corrected chi connectivity index (χ4v) is 1.46. The van der Waals surface area contributed by atoms with Crippen molar-refractivity contribution in [3.63, 3.8) is 0 Å². The summed E-state index contributed by atoms with van der Waals surface area (Å²) in [6.07, 6.45) is 1.53. The van der Waals surface area contributed by atoms with Crippen LogP contribution >= 0.6 is 0 Å². The maximum Gasteiger partial charge on any atom is 0.321 e. The molecule has 0 spiro atoms. The van der Waals surface area contributed by atoms with E-state index in [0.29, 0.717) is 6.42 Å². The van der Waals surface area contributed by atoms with Crippen LogP contribution in [0, 0.1) is 0 Å². The van der Waals surface area contributed by atoms with Gasteiger partial charge in [0.15, 0.2) is 0 Å². The van der Waals surface area contributed by atoms with Crippen molar-refractivity contribution >= 4 is 5.97 Å². The van der Waals surface area contributed by atoms with E-state index in [2.05, 4.69) is 12.2 Å². The molecule has 0 amide bonds. The second-order valence-corrected chi connectivity index (χ2v) is 3.55. The van der Waals surface area contributed by atoms with Gasteiger partial charge in [-0.25, -0.2) is 0 Å². The number of hydrogen-bond acceptors (Lipinski definition) is 2. The molecule has 0 aliphatic heterocycles. The van der Waals surface area contributed by atoms with Crippen LogP contribution in [0.3, 0.4) is 0 Å². The van der Waals surface area contributed by atoms with Crippen LogP contribution in [-0.2, 0) is 17.6 Å². The van der Waals surface area contributed by atoms with E-state index < -0.39 is 12.0 Å². The molecular formula is C12H17NO2. The first kappa shape index (κ1) is 11.7. The number of carbonyl (C=O) groups is 1. The van der Waals surface area contributed by atoms with Crippen LogP contribution < -0.4 is 5.32 Å². The van der Waals surface area contributed by atoms with Crippen LogP contribution in [-0.4, -0.2) is 24.2 Å². The number of carboxylic acids is 1. The smallest absolute Gasteiger partial charge is 0.321 e. The first-order valence-corrected chi connectivity index (χ1v) is 5.15. The number of aryl methyl sites for hydroxylation is 1. The monoisotopic (exact) mass is 207 g/mol. The molecule has 1 atom stereocenters. The van der Waals surface area contributed by atoms with E-state index in [1.807, 2.05) is 24.3 Å². The highest BCUT2D eigenvalue weighted by Crippen LogP contribution is 2.07. The number of benzene rings is 1. The van der Waals surface area contributed by atoms with E-state index in [4.69, 9.17) is 5.11 Å². The van der Waals surface area contributed by atoms with Gasteiger partial charge in [-0.3, -0.25) is 4.79 Å². The molecule has 0 aliphatic rings. The SMILES string of the molecule is CCc1ccc(CC(NC)C(=O)O)cc1. The molecule has 0 aliphatic carbocycles. The lowest BCUT2D eigenvalue weighted by Gasteiger charge is -2.11. The van der Waals surface area contributed by atoms with Gasteiger partial charge in [-0.2, -0.15) is 0 Å². The van der Waals surface area contributed by atoms with E-state index in [0.717, 1.165) is 12.0 Å². The summed E-state index contributed by atoms with van der Waals surface area (Å²) in [5.74, 6) is -0.808. The highest BCUT2D eigenvalue weighted by molar-refractivity contribution is 5.73. The van der Waals surface area contributed by atoms with Crippen LogP contribution in [0.5, 0.6) is 0 Å². The molecule has 0 radical (unpaired) electrons. The lowest BCUT2D eigenvalue weighted by molar-refractivity contribution is -0.139. The molecule has 0 aromatic heterocycles. The highest BCUT2D eigenvalue weighted by Gasteiger charge is 2.14. The van der Waals surface area contributed by atoms with Gasteiger partial charge in [0.05, 0.1) is 0 Å². The van der Waals surface area contributed by atoms with Gasteiger partial charge in [-0.1, -0.05) is 31.2 Å². The summed E-state index contributed by atoms with van der Waals surface area (Å²) in [6, 6.07) is 7.57. The van der Waals surface area contributed by atoms with Crippen LogP contribution in [0.25, 0.3) is 0 Å². The summed E-state index contributed by atoms with van der Waals surface area (Å²) < 4.78 is 0. The summed E-state index contributed by atoms with van der Waals surface area (Å²) in [7, 11) is 1.67. The topological polar surface area (TPSA) is 49.3 Å². The molecule has 3 nitrogen and oxygen atoms in total. The Kier molecular flexibility index (Phi) is 4.31. The minimum Gasteiger partial charge on any atom is -0.480 e. The van der Waals surface area contributed by atoms with Crippen molar-refractivity contribution in [3.05, 3.63) is 35.4 Å². The molecule has 1 aromatic rings. The normalized spacial score (nSPS) is 12.4. The Balaban J connectivity index is 2.67. The molecule has 0 saturated heterocycles. The zero-order chi connectivity index (χ0) is 11.3. The largest absolute Gasteiger partial charge is 0.480 e. The van der Waals surface area contributed by atoms with E-state index in [1.54, 1.807) is 7.05 Å². The lowest BCUT2D eigenvalue weighted by Crippen LogP contribution is -2.35. The van der Waals surface area contributed by atoms with Crippen molar-refractivity contribution in [2.75, 3.05) is 7.05 Å². The standard InChI is InChI=1S/C12H17NO2/c1-3-9-4-6-10(7-5-9)8-11(13-2)12(14)15/h4-7,11,13H,3,8H2,1-2H3,(H,14,15). The zero-order valence-corrected chi connectivity index (χ0v) is 9.16. The van der Waals surface area contributed by atoms with Crippen LogP contribution in [0.2, 0.25) is 0 Å². The number of nitrogens with one attached hydrogen (secondary N) is 1. The fraction of sp³-hybridized carbons (Fsp3) is 0.417. The molecule has 82 valence electrons. The Morgan fingerprint density at radius 1 is 1.33 bits per heavy atom. The molecule has 0 fully saturated rings. The van der Waals surface area contributed by atoms with Crippen molar-refractivity contribution in [3.8, 4) is 0 Å². The molecule has 0 saturated carbocycles. The maximum atomic E-state index is 10.8. The second-order valence-electron chi connectivity index (χ2n) is 3.55. The minimum absolute atomic E-state index is 0.502. The van der Waals surface area contributed by atoms with Gasteiger partial charge < -0.3 is 10.4 Å². The first-order chi connectivity index (χ1) is 7.17. The van der Waals surface area contributed by atoms with Gasteiger partial charge in [0.25, 0.3) is 0 Å². The van der Waals surface area contributed by atoms with Crippen molar-refractivity contribution < 1.29 is 9.90 Å². The number of aliphatic carboxylic acids is 1. The average Bonchev–Trinajstić information content (AvgIpc) is 2.26. The van der Waals surface area contributed by atoms with Gasteiger partial charge in [-0.15, -0.1) is 0 Å². The highest BCUT2D eigenvalue weighted by atomic mass is 16.4. The molecule has 0 heterocycles. The predicted octanol–water partition coefficient (Wildman–Crippen LogP) is 1.46. The van der Waals surface area contributed by atoms with E-state index in [1.165, 1.54) is 5.56 Å². The van der Waals surface area contributed by atoms with Gasteiger partial charge in [0.1, 0.15) is 6.04 Å². The number of rotatable bonds is 5. The summed E-state index contributed by atoms with van der Waals surface area (Å²) in [6.45, 7) is 2.10. The van der Waals surface area contributed by atoms with Crippen LogP contribution in [0.15, 0.2) is 24.3 Å². The van der Waals surface area contributed by atoms with Crippen molar-refractivity contribution in [2.24, 2.45) is 0 Å². The van der Waals surface area contributed by atoms with Gasteiger partial charge >= 0.3 is 5.97 Å². The molecule has 1 aromatic carbocycles. The number of carboxylic acid groups (broad SMARTS) is 1. The Morgan fingerprint density at radius 2 is 1.87 bits per heavy atom. The van der Waals surface area contributed by atoms with E-state index in [-0.39, 0.29) is 0 Å². The Bertz CT molecular complexity index is 319. The van der Waals surface area contributed by atoms with Crippen LogP contribution in [0.1, 0.15) is 18.1 Å². The average molecular weight is 207 g/mol. The quantitative estimate of drug-likeness (QED) is 0.768. The summed E-state index contributed by atoms with van der Waals surface area (Å²) >= 11 is 0. The van der Waals surface area contributed by atoms with E-state index >= 15 is 0 Å². The summed E-state index contributed by atoms with van der Waals surface area (Å²) in [5.41, 5.74) is 2.32. The molecule has 1 rings (SSSR count).